The van der Waals surface area contributed by atoms with E-state index in [9.17, 15) is 9.18 Å². The molecule has 0 radical (unpaired) electrons. The van der Waals surface area contributed by atoms with Crippen molar-refractivity contribution in [2.75, 3.05) is 57.6 Å². The molecule has 1 amide bonds. The molecule has 1 saturated heterocycles. The molecular weight excluding hydrogens is 445 g/mol. The van der Waals surface area contributed by atoms with E-state index < -0.39 is 11.9 Å². The third-order valence-corrected chi connectivity index (χ3v) is 5.93. The number of fused-ring (bicyclic) bond motifs is 2. The van der Waals surface area contributed by atoms with Gasteiger partial charge in [0.05, 0.1) is 19.7 Å². The van der Waals surface area contributed by atoms with Gasteiger partial charge in [-0.1, -0.05) is 0 Å². The van der Waals surface area contributed by atoms with Crippen molar-refractivity contribution < 1.29 is 28.1 Å². The zero-order chi connectivity index (χ0) is 23.8. The van der Waals surface area contributed by atoms with Crippen molar-refractivity contribution in [3.05, 3.63) is 36.1 Å². The van der Waals surface area contributed by atoms with Gasteiger partial charge in [0.25, 0.3) is 5.91 Å². The van der Waals surface area contributed by atoms with Crippen molar-refractivity contribution in [3.63, 3.8) is 0 Å². The van der Waals surface area contributed by atoms with Crippen molar-refractivity contribution in [2.45, 2.75) is 6.10 Å². The van der Waals surface area contributed by atoms with Gasteiger partial charge >= 0.3 is 0 Å². The molecule has 34 heavy (non-hydrogen) atoms. The van der Waals surface area contributed by atoms with Crippen LogP contribution >= 0.6 is 0 Å². The largest absolute Gasteiger partial charge is 0.493 e. The van der Waals surface area contributed by atoms with E-state index in [2.05, 4.69) is 9.97 Å². The fraction of sp³-hybridized carbons (Fsp3) is 0.348. The number of halogens is 1. The van der Waals surface area contributed by atoms with Crippen LogP contribution in [0.1, 0.15) is 0 Å². The fourth-order valence-corrected chi connectivity index (χ4v) is 4.11. The Hall–Kier alpha value is -4.02. The van der Waals surface area contributed by atoms with E-state index in [0.29, 0.717) is 71.8 Å². The Balaban J connectivity index is 1.27. The van der Waals surface area contributed by atoms with Crippen molar-refractivity contribution in [3.8, 4) is 23.0 Å². The third-order valence-electron chi connectivity index (χ3n) is 5.93. The summed E-state index contributed by atoms with van der Waals surface area (Å²) >= 11 is 0. The lowest BCUT2D eigenvalue weighted by Gasteiger charge is -2.37. The Morgan fingerprint density at radius 2 is 1.79 bits per heavy atom. The van der Waals surface area contributed by atoms with E-state index in [1.54, 1.807) is 31.3 Å². The summed E-state index contributed by atoms with van der Waals surface area (Å²) in [4.78, 5) is 25.8. The second kappa shape index (κ2) is 8.73. The summed E-state index contributed by atoms with van der Waals surface area (Å²) in [5, 5.41) is 0.671. The maximum atomic E-state index is 13.4. The number of benzene rings is 2. The number of nitrogens with zero attached hydrogens (tertiary/aromatic N) is 4. The van der Waals surface area contributed by atoms with Gasteiger partial charge in [0.15, 0.2) is 23.0 Å². The highest BCUT2D eigenvalue weighted by atomic mass is 19.1. The SMILES string of the molecule is COc1cc2nc(N3CCN(C(=O)C4COc5cc(F)ccc5O4)CC3)nc(N)c2cc1OC. The Kier molecular flexibility index (Phi) is 5.60. The number of methoxy groups -OCH3 is 2. The molecule has 1 fully saturated rings. The number of carbonyl (C=O) groups excluding carboxylic acids is 1. The fourth-order valence-electron chi connectivity index (χ4n) is 4.11. The average Bonchev–Trinajstić information content (AvgIpc) is 2.87. The van der Waals surface area contributed by atoms with Gasteiger partial charge in [-0.05, 0) is 18.2 Å². The first-order valence-electron chi connectivity index (χ1n) is 10.8. The molecule has 2 N–H and O–H groups in total. The van der Waals surface area contributed by atoms with Crippen LogP contribution in [0, 0.1) is 5.82 Å². The van der Waals surface area contributed by atoms with Crippen LogP contribution < -0.4 is 29.6 Å². The number of nitrogen functional groups attached to an aromatic ring is 1. The maximum absolute atomic E-state index is 13.4. The summed E-state index contributed by atoms with van der Waals surface area (Å²) in [7, 11) is 3.11. The van der Waals surface area contributed by atoms with Crippen LogP contribution in [0.2, 0.25) is 0 Å². The van der Waals surface area contributed by atoms with Crippen LogP contribution in [-0.2, 0) is 4.79 Å². The van der Waals surface area contributed by atoms with Gasteiger partial charge in [-0.2, -0.15) is 4.98 Å². The molecule has 5 rings (SSSR count). The van der Waals surface area contributed by atoms with Gasteiger partial charge in [0, 0.05) is 43.7 Å². The normalized spacial score (nSPS) is 17.6. The zero-order valence-electron chi connectivity index (χ0n) is 18.8. The minimum absolute atomic E-state index is 0.0329. The standard InChI is InChI=1S/C23H24FN5O5/c1-31-17-10-14-15(11-18(17)32-2)26-23(27-21(14)25)29-7-5-28(6-8-29)22(30)20-12-33-19-9-13(24)3-4-16(19)34-20/h3-4,9-11,20H,5-8,12H2,1-2H3,(H2,25,26,27). The van der Waals surface area contributed by atoms with Gasteiger partial charge in [0.1, 0.15) is 18.2 Å². The number of amides is 1. The van der Waals surface area contributed by atoms with E-state index in [0.717, 1.165) is 0 Å². The smallest absolute Gasteiger partial charge is 0.267 e. The number of hydrogen-bond acceptors (Lipinski definition) is 9. The van der Waals surface area contributed by atoms with Crippen molar-refractivity contribution in [1.29, 1.82) is 0 Å². The predicted octanol–water partition coefficient (Wildman–Crippen LogP) is 1.86. The van der Waals surface area contributed by atoms with Crippen LogP contribution in [-0.4, -0.2) is 73.9 Å². The van der Waals surface area contributed by atoms with Crippen LogP contribution in [0.15, 0.2) is 30.3 Å². The topological polar surface area (TPSA) is 112 Å². The minimum atomic E-state index is -0.778. The van der Waals surface area contributed by atoms with Crippen LogP contribution in [0.5, 0.6) is 23.0 Å². The van der Waals surface area contributed by atoms with E-state index in [-0.39, 0.29) is 12.5 Å². The van der Waals surface area contributed by atoms with E-state index >= 15 is 0 Å². The van der Waals surface area contributed by atoms with E-state index in [1.807, 2.05) is 4.90 Å². The number of ether oxygens (including phenoxy) is 4. The predicted molar refractivity (Wildman–Crippen MR) is 122 cm³/mol. The first-order chi connectivity index (χ1) is 16.5. The van der Waals surface area contributed by atoms with Crippen molar-refractivity contribution >= 4 is 28.6 Å². The number of piperazine rings is 1. The average molecular weight is 469 g/mol. The van der Waals surface area contributed by atoms with Crippen LogP contribution in [0.25, 0.3) is 10.9 Å². The van der Waals surface area contributed by atoms with E-state index in [1.165, 1.54) is 18.2 Å². The second-order valence-corrected chi connectivity index (χ2v) is 7.95. The first kappa shape index (κ1) is 21.8. The minimum Gasteiger partial charge on any atom is -0.493 e. The summed E-state index contributed by atoms with van der Waals surface area (Å²) in [6.45, 7) is 2.01. The number of anilines is 2. The molecule has 11 heteroatoms. The molecule has 10 nitrogen and oxygen atoms in total. The summed E-state index contributed by atoms with van der Waals surface area (Å²) in [5.41, 5.74) is 6.85. The Bertz CT molecular complexity index is 1250. The number of rotatable bonds is 4. The van der Waals surface area contributed by atoms with Gasteiger partial charge in [-0.25, -0.2) is 9.37 Å². The van der Waals surface area contributed by atoms with Gasteiger partial charge in [-0.15, -0.1) is 0 Å². The molecule has 1 aromatic heterocycles. The zero-order valence-corrected chi connectivity index (χ0v) is 18.8. The molecule has 1 unspecified atom stereocenters. The van der Waals surface area contributed by atoms with E-state index in [4.69, 9.17) is 24.7 Å². The number of hydrogen-bond donors (Lipinski definition) is 1. The van der Waals surface area contributed by atoms with Gasteiger partial charge in [0.2, 0.25) is 12.1 Å². The van der Waals surface area contributed by atoms with Crippen LogP contribution in [0.3, 0.4) is 0 Å². The number of aromatic nitrogens is 2. The quantitative estimate of drug-likeness (QED) is 0.612. The lowest BCUT2D eigenvalue weighted by Crippen LogP contribution is -2.54. The van der Waals surface area contributed by atoms with Crippen molar-refractivity contribution in [1.82, 2.24) is 14.9 Å². The second-order valence-electron chi connectivity index (χ2n) is 7.95. The lowest BCUT2D eigenvalue weighted by molar-refractivity contribution is -0.141. The van der Waals surface area contributed by atoms with Crippen molar-refractivity contribution in [2.24, 2.45) is 0 Å². The first-order valence-corrected chi connectivity index (χ1v) is 10.8. The molecule has 0 spiro atoms. The monoisotopic (exact) mass is 469 g/mol. The molecule has 2 aliphatic heterocycles. The number of nitrogens with two attached hydrogens (primary N) is 1. The Morgan fingerprint density at radius 3 is 2.53 bits per heavy atom. The molecule has 2 aliphatic rings. The summed E-state index contributed by atoms with van der Waals surface area (Å²) in [6, 6.07) is 7.50. The lowest BCUT2D eigenvalue weighted by atomic mass is 10.2. The molecule has 1 atom stereocenters. The third kappa shape index (κ3) is 3.93. The molecule has 0 saturated carbocycles. The number of carbonyl (C=O) groups is 1. The molecule has 3 aromatic rings. The van der Waals surface area contributed by atoms with Gasteiger partial charge < -0.3 is 34.5 Å². The molecule has 2 aromatic carbocycles. The summed E-state index contributed by atoms with van der Waals surface area (Å²) < 4.78 is 35.4. The molecule has 0 aliphatic carbocycles. The van der Waals surface area contributed by atoms with Crippen LogP contribution in [0.4, 0.5) is 16.2 Å². The molecule has 3 heterocycles. The highest BCUT2D eigenvalue weighted by Gasteiger charge is 2.33. The van der Waals surface area contributed by atoms with Gasteiger partial charge in [-0.3, -0.25) is 4.79 Å². The highest BCUT2D eigenvalue weighted by molar-refractivity contribution is 5.91. The Morgan fingerprint density at radius 1 is 1.06 bits per heavy atom. The highest BCUT2D eigenvalue weighted by Crippen LogP contribution is 2.35. The molecule has 0 bridgehead atoms. The maximum Gasteiger partial charge on any atom is 0.267 e. The summed E-state index contributed by atoms with van der Waals surface area (Å²) in [5.74, 6) is 1.98. The molecule has 178 valence electrons. The Labute approximate surface area is 195 Å². The summed E-state index contributed by atoms with van der Waals surface area (Å²) in [6.07, 6.45) is -0.778. The molecular formula is C23H24FN5O5.